The number of nitriles is 1. The van der Waals surface area contributed by atoms with Gasteiger partial charge in [-0.15, -0.1) is 0 Å². The number of hydrogen-bond donors (Lipinski definition) is 0. The fourth-order valence-corrected chi connectivity index (χ4v) is 1.36. The monoisotopic (exact) mass is 191 g/mol. The second-order valence-corrected chi connectivity index (χ2v) is 3.26. The lowest BCUT2D eigenvalue weighted by Gasteiger charge is -2.09. The Bertz CT molecular complexity index is 362. The molecule has 0 saturated heterocycles. The van der Waals surface area contributed by atoms with Crippen LogP contribution in [0, 0.1) is 17.2 Å². The lowest BCUT2D eigenvalue weighted by Crippen LogP contribution is -2.19. The SMILES string of the molecule is CCCC(C)C(=O)n1ccnc1C#N. The molecule has 4 heteroatoms. The minimum absolute atomic E-state index is 0.0544. The van der Waals surface area contributed by atoms with Crippen molar-refractivity contribution in [1.29, 1.82) is 5.26 Å². The van der Waals surface area contributed by atoms with E-state index in [0.717, 1.165) is 12.8 Å². The van der Waals surface area contributed by atoms with Crippen molar-refractivity contribution in [2.75, 3.05) is 0 Å². The summed E-state index contributed by atoms with van der Waals surface area (Å²) in [4.78, 5) is 15.5. The maximum Gasteiger partial charge on any atom is 0.235 e. The predicted octanol–water partition coefficient (Wildman–Crippen LogP) is 1.83. The van der Waals surface area contributed by atoms with Gasteiger partial charge in [0, 0.05) is 18.3 Å². The quantitative estimate of drug-likeness (QED) is 0.732. The maximum atomic E-state index is 11.7. The molecule has 0 amide bonds. The van der Waals surface area contributed by atoms with Crippen LogP contribution >= 0.6 is 0 Å². The van der Waals surface area contributed by atoms with Gasteiger partial charge in [-0.1, -0.05) is 20.3 Å². The van der Waals surface area contributed by atoms with E-state index < -0.39 is 0 Å². The second kappa shape index (κ2) is 4.56. The molecule has 0 aliphatic carbocycles. The van der Waals surface area contributed by atoms with E-state index in [9.17, 15) is 4.79 Å². The van der Waals surface area contributed by atoms with Crippen LogP contribution in [0.5, 0.6) is 0 Å². The first-order valence-electron chi connectivity index (χ1n) is 4.68. The topological polar surface area (TPSA) is 58.7 Å². The number of carbonyl (C=O) groups is 1. The molecule has 0 spiro atoms. The van der Waals surface area contributed by atoms with Crippen LogP contribution in [0.4, 0.5) is 0 Å². The zero-order chi connectivity index (χ0) is 10.6. The minimum atomic E-state index is -0.0547. The summed E-state index contributed by atoms with van der Waals surface area (Å²) in [6.45, 7) is 3.90. The Morgan fingerprint density at radius 3 is 3.07 bits per heavy atom. The van der Waals surface area contributed by atoms with Gasteiger partial charge in [0.25, 0.3) is 0 Å². The zero-order valence-corrected chi connectivity index (χ0v) is 8.40. The lowest BCUT2D eigenvalue weighted by molar-refractivity contribution is 0.0837. The molecule has 1 unspecified atom stereocenters. The first kappa shape index (κ1) is 10.5. The van der Waals surface area contributed by atoms with Crippen molar-refractivity contribution in [3.8, 4) is 6.07 Å². The van der Waals surface area contributed by atoms with E-state index in [0.29, 0.717) is 0 Å². The van der Waals surface area contributed by atoms with Crippen molar-refractivity contribution in [3.05, 3.63) is 18.2 Å². The van der Waals surface area contributed by atoms with Crippen LogP contribution < -0.4 is 0 Å². The Morgan fingerprint density at radius 2 is 2.50 bits per heavy atom. The largest absolute Gasteiger partial charge is 0.274 e. The van der Waals surface area contributed by atoms with Crippen molar-refractivity contribution < 1.29 is 4.79 Å². The molecular formula is C10H13N3O. The van der Waals surface area contributed by atoms with E-state index in [4.69, 9.17) is 5.26 Å². The van der Waals surface area contributed by atoms with Gasteiger partial charge in [-0.2, -0.15) is 5.26 Å². The predicted molar refractivity (Wildman–Crippen MR) is 51.6 cm³/mol. The number of aromatic nitrogens is 2. The third-order valence-corrected chi connectivity index (χ3v) is 2.12. The molecule has 1 aromatic heterocycles. The number of nitrogens with zero attached hydrogens (tertiary/aromatic N) is 3. The molecule has 0 bridgehead atoms. The van der Waals surface area contributed by atoms with Gasteiger partial charge < -0.3 is 0 Å². The van der Waals surface area contributed by atoms with Gasteiger partial charge in [0.2, 0.25) is 11.7 Å². The summed E-state index contributed by atoms with van der Waals surface area (Å²) in [5.41, 5.74) is 0. The Hall–Kier alpha value is -1.63. The second-order valence-electron chi connectivity index (χ2n) is 3.26. The van der Waals surface area contributed by atoms with Gasteiger partial charge in [0.1, 0.15) is 6.07 Å². The van der Waals surface area contributed by atoms with Crippen molar-refractivity contribution in [2.24, 2.45) is 5.92 Å². The van der Waals surface area contributed by atoms with Gasteiger partial charge in [0.05, 0.1) is 0 Å². The summed E-state index contributed by atoms with van der Waals surface area (Å²) in [5, 5.41) is 8.68. The first-order valence-corrected chi connectivity index (χ1v) is 4.68. The Morgan fingerprint density at radius 1 is 1.79 bits per heavy atom. The molecule has 0 radical (unpaired) electrons. The molecule has 1 rings (SSSR count). The van der Waals surface area contributed by atoms with E-state index in [1.165, 1.54) is 17.0 Å². The van der Waals surface area contributed by atoms with E-state index in [-0.39, 0.29) is 17.6 Å². The molecule has 14 heavy (non-hydrogen) atoms. The van der Waals surface area contributed by atoms with Gasteiger partial charge in [-0.3, -0.25) is 9.36 Å². The molecule has 1 heterocycles. The normalized spacial score (nSPS) is 12.1. The average molecular weight is 191 g/mol. The fourth-order valence-electron chi connectivity index (χ4n) is 1.36. The molecule has 1 aromatic rings. The van der Waals surface area contributed by atoms with E-state index in [2.05, 4.69) is 4.98 Å². The van der Waals surface area contributed by atoms with Gasteiger partial charge in [-0.05, 0) is 6.42 Å². The van der Waals surface area contributed by atoms with Crippen LogP contribution in [0.25, 0.3) is 0 Å². The zero-order valence-electron chi connectivity index (χ0n) is 8.40. The summed E-state index contributed by atoms with van der Waals surface area (Å²) in [6, 6.07) is 1.88. The summed E-state index contributed by atoms with van der Waals surface area (Å²) >= 11 is 0. The molecule has 0 aliphatic heterocycles. The highest BCUT2D eigenvalue weighted by atomic mass is 16.2. The van der Waals surface area contributed by atoms with Crippen LogP contribution in [-0.4, -0.2) is 15.5 Å². The molecule has 0 fully saturated rings. The third kappa shape index (κ3) is 1.99. The van der Waals surface area contributed by atoms with Crippen LogP contribution in [0.2, 0.25) is 0 Å². The highest BCUT2D eigenvalue weighted by molar-refractivity contribution is 5.81. The average Bonchev–Trinajstić information content (AvgIpc) is 2.64. The minimum Gasteiger partial charge on any atom is -0.274 e. The molecule has 1 atom stereocenters. The number of rotatable bonds is 3. The molecule has 4 nitrogen and oxygen atoms in total. The Balaban J connectivity index is 2.85. The van der Waals surface area contributed by atoms with Crippen LogP contribution in [0.1, 0.15) is 37.3 Å². The lowest BCUT2D eigenvalue weighted by atomic mass is 10.1. The van der Waals surface area contributed by atoms with E-state index in [1.54, 1.807) is 0 Å². The van der Waals surface area contributed by atoms with Crippen molar-refractivity contribution in [2.45, 2.75) is 26.7 Å². The number of imidazole rings is 1. The summed E-state index contributed by atoms with van der Waals surface area (Å²) in [5.74, 6) is 0.0557. The smallest absolute Gasteiger partial charge is 0.235 e. The number of carbonyl (C=O) groups excluding carboxylic acids is 1. The van der Waals surface area contributed by atoms with Crippen LogP contribution in [0.3, 0.4) is 0 Å². The van der Waals surface area contributed by atoms with Gasteiger partial charge in [-0.25, -0.2) is 4.98 Å². The maximum absolute atomic E-state index is 11.7. The van der Waals surface area contributed by atoms with Gasteiger partial charge in [0.15, 0.2) is 0 Å². The Labute approximate surface area is 83.2 Å². The van der Waals surface area contributed by atoms with Crippen LogP contribution in [0.15, 0.2) is 12.4 Å². The summed E-state index contributed by atoms with van der Waals surface area (Å²) in [7, 11) is 0. The van der Waals surface area contributed by atoms with Crippen molar-refractivity contribution >= 4 is 5.91 Å². The fraction of sp³-hybridized carbons (Fsp3) is 0.500. The molecule has 0 saturated carbocycles. The standard InChI is InChI=1S/C10H13N3O/c1-3-4-8(2)10(14)13-6-5-12-9(13)7-11/h5-6,8H,3-4H2,1-2H3. The molecule has 0 aliphatic rings. The molecule has 74 valence electrons. The van der Waals surface area contributed by atoms with Crippen molar-refractivity contribution in [1.82, 2.24) is 9.55 Å². The first-order chi connectivity index (χ1) is 6.70. The summed E-state index contributed by atoms with van der Waals surface area (Å²) < 4.78 is 1.32. The Kier molecular flexibility index (Phi) is 3.41. The molecule has 0 N–H and O–H groups in total. The van der Waals surface area contributed by atoms with E-state index in [1.807, 2.05) is 19.9 Å². The molecular weight excluding hydrogens is 178 g/mol. The van der Waals surface area contributed by atoms with E-state index >= 15 is 0 Å². The van der Waals surface area contributed by atoms with Crippen molar-refractivity contribution in [3.63, 3.8) is 0 Å². The highest BCUT2D eigenvalue weighted by Crippen LogP contribution is 2.09. The molecule has 0 aromatic carbocycles. The third-order valence-electron chi connectivity index (χ3n) is 2.12. The van der Waals surface area contributed by atoms with Crippen LogP contribution in [-0.2, 0) is 0 Å². The van der Waals surface area contributed by atoms with Gasteiger partial charge >= 0.3 is 0 Å². The highest BCUT2D eigenvalue weighted by Gasteiger charge is 2.16. The number of hydrogen-bond acceptors (Lipinski definition) is 3. The summed E-state index contributed by atoms with van der Waals surface area (Å²) in [6.07, 6.45) is 4.80.